The van der Waals surface area contributed by atoms with Gasteiger partial charge in [0.05, 0.1) is 28.5 Å². The quantitative estimate of drug-likeness (QED) is 0.568. The summed E-state index contributed by atoms with van der Waals surface area (Å²) in [5.74, 6) is -0.595. The van der Waals surface area contributed by atoms with Crippen molar-refractivity contribution in [3.8, 4) is 0 Å². The highest BCUT2D eigenvalue weighted by atomic mass is 35.5. The summed E-state index contributed by atoms with van der Waals surface area (Å²) in [7, 11) is 0. The first-order valence-corrected chi connectivity index (χ1v) is 9.86. The van der Waals surface area contributed by atoms with Crippen molar-refractivity contribution in [3.05, 3.63) is 63.7 Å². The highest BCUT2D eigenvalue weighted by Crippen LogP contribution is 2.46. The largest absolute Gasteiger partial charge is 0.436 e. The third-order valence-corrected chi connectivity index (χ3v) is 5.18. The zero-order valence-electron chi connectivity index (χ0n) is 15.5. The molecule has 1 fully saturated rings. The molecule has 1 aromatic carbocycles. The Morgan fingerprint density at radius 2 is 2.03 bits per heavy atom. The van der Waals surface area contributed by atoms with Crippen molar-refractivity contribution in [1.82, 2.24) is 19.6 Å². The van der Waals surface area contributed by atoms with Gasteiger partial charge in [0.25, 0.3) is 0 Å². The number of anilines is 1. The van der Waals surface area contributed by atoms with E-state index < -0.39 is 22.8 Å². The van der Waals surface area contributed by atoms with E-state index in [9.17, 15) is 18.0 Å². The third-order valence-electron chi connectivity index (χ3n) is 4.61. The van der Waals surface area contributed by atoms with Crippen LogP contribution in [-0.4, -0.2) is 25.5 Å². The first-order valence-electron chi connectivity index (χ1n) is 9.11. The zero-order valence-corrected chi connectivity index (χ0v) is 17.0. The Hall–Kier alpha value is -2.52. The fourth-order valence-corrected chi connectivity index (χ4v) is 3.75. The standard InChI is InChI=1S/C19H16Cl2F3N5O/c20-13-7-25-28(9-13)8-11-2-1-3-14(6-11)26-15(30)10-29-17(12-4-5-12)16(21)18(27-29)19(22,23)24/h1-3,6-7,9,12H,4-5,8,10H2,(H,26,30). The molecule has 0 radical (unpaired) electrons. The molecule has 4 rings (SSSR count). The molecular weight excluding hydrogens is 442 g/mol. The predicted molar refractivity (Wildman–Crippen MR) is 106 cm³/mol. The molecule has 2 heterocycles. The average Bonchev–Trinajstić information content (AvgIpc) is 3.31. The van der Waals surface area contributed by atoms with E-state index in [2.05, 4.69) is 15.5 Å². The Labute approximate surface area is 179 Å². The lowest BCUT2D eigenvalue weighted by molar-refractivity contribution is -0.141. The molecule has 0 aliphatic heterocycles. The van der Waals surface area contributed by atoms with E-state index in [0.717, 1.165) is 23.1 Å². The molecule has 11 heteroatoms. The number of nitrogens with one attached hydrogen (secondary N) is 1. The second kappa shape index (κ2) is 7.96. The summed E-state index contributed by atoms with van der Waals surface area (Å²) in [5, 5.41) is 10.5. The van der Waals surface area contributed by atoms with E-state index >= 15 is 0 Å². The third kappa shape index (κ3) is 4.62. The van der Waals surface area contributed by atoms with Crippen molar-refractivity contribution in [3.63, 3.8) is 0 Å². The minimum absolute atomic E-state index is 0.0990. The van der Waals surface area contributed by atoms with Crippen LogP contribution in [0.2, 0.25) is 10.0 Å². The first kappa shape index (κ1) is 20.7. The number of benzene rings is 1. The maximum absolute atomic E-state index is 13.2. The topological polar surface area (TPSA) is 64.7 Å². The molecule has 0 atom stereocenters. The van der Waals surface area contributed by atoms with Crippen molar-refractivity contribution < 1.29 is 18.0 Å². The fraction of sp³-hybridized carbons (Fsp3) is 0.316. The van der Waals surface area contributed by atoms with Gasteiger partial charge in [0.1, 0.15) is 6.54 Å². The molecule has 1 aliphatic carbocycles. The molecule has 1 N–H and O–H groups in total. The van der Waals surface area contributed by atoms with Gasteiger partial charge in [-0.25, -0.2) is 0 Å². The molecule has 1 saturated carbocycles. The maximum Gasteiger partial charge on any atom is 0.436 e. The predicted octanol–water partition coefficient (Wildman–Crippen LogP) is 4.97. The summed E-state index contributed by atoms with van der Waals surface area (Å²) in [6.07, 6.45) is -0.0270. The number of hydrogen-bond donors (Lipinski definition) is 1. The molecule has 2 aromatic heterocycles. The van der Waals surface area contributed by atoms with Crippen LogP contribution in [0.3, 0.4) is 0 Å². The van der Waals surface area contributed by atoms with Crippen molar-refractivity contribution in [1.29, 1.82) is 0 Å². The molecular formula is C19H16Cl2F3N5O. The summed E-state index contributed by atoms with van der Waals surface area (Å²) >= 11 is 11.8. The van der Waals surface area contributed by atoms with Crippen LogP contribution in [0.4, 0.5) is 18.9 Å². The Bertz CT molecular complexity index is 1090. The van der Waals surface area contributed by atoms with Crippen molar-refractivity contribution in [2.24, 2.45) is 0 Å². The number of halogens is 5. The second-order valence-corrected chi connectivity index (χ2v) is 7.90. The summed E-state index contributed by atoms with van der Waals surface area (Å²) in [5.41, 5.74) is 0.493. The molecule has 0 bridgehead atoms. The molecule has 0 saturated heterocycles. The fourth-order valence-electron chi connectivity index (χ4n) is 3.20. The number of carbonyl (C=O) groups is 1. The van der Waals surface area contributed by atoms with E-state index in [1.807, 2.05) is 6.07 Å². The molecule has 30 heavy (non-hydrogen) atoms. The van der Waals surface area contributed by atoms with Crippen LogP contribution in [0.15, 0.2) is 36.7 Å². The lowest BCUT2D eigenvalue weighted by Crippen LogP contribution is -2.21. The van der Waals surface area contributed by atoms with Gasteiger partial charge in [0.15, 0.2) is 5.69 Å². The maximum atomic E-state index is 13.2. The second-order valence-electron chi connectivity index (χ2n) is 7.08. The molecule has 0 unspecified atom stereocenters. The normalized spacial score (nSPS) is 14.2. The first-order chi connectivity index (χ1) is 14.2. The highest BCUT2D eigenvalue weighted by molar-refractivity contribution is 6.32. The summed E-state index contributed by atoms with van der Waals surface area (Å²) in [6, 6.07) is 7.07. The van der Waals surface area contributed by atoms with E-state index in [-0.39, 0.29) is 18.2 Å². The van der Waals surface area contributed by atoms with Gasteiger partial charge in [0, 0.05) is 17.8 Å². The Morgan fingerprint density at radius 1 is 1.27 bits per heavy atom. The SMILES string of the molecule is O=C(Cn1nc(C(F)(F)F)c(Cl)c1C1CC1)Nc1cccc(Cn2cc(Cl)cn2)c1. The summed E-state index contributed by atoms with van der Waals surface area (Å²) in [6.45, 7) is 0.0899. The minimum atomic E-state index is -4.67. The smallest absolute Gasteiger partial charge is 0.324 e. The zero-order chi connectivity index (χ0) is 21.5. The van der Waals surface area contributed by atoms with Gasteiger partial charge >= 0.3 is 6.18 Å². The van der Waals surface area contributed by atoms with Crippen LogP contribution in [0.25, 0.3) is 0 Å². The van der Waals surface area contributed by atoms with E-state index in [1.54, 1.807) is 29.1 Å². The number of rotatable bonds is 6. The van der Waals surface area contributed by atoms with E-state index in [1.165, 1.54) is 6.20 Å². The lowest BCUT2D eigenvalue weighted by Gasteiger charge is -2.10. The van der Waals surface area contributed by atoms with E-state index in [4.69, 9.17) is 23.2 Å². The molecule has 1 aliphatic rings. The number of hydrogen-bond acceptors (Lipinski definition) is 3. The van der Waals surface area contributed by atoms with Crippen LogP contribution >= 0.6 is 23.2 Å². The Kier molecular flexibility index (Phi) is 5.50. The highest BCUT2D eigenvalue weighted by Gasteiger charge is 2.42. The number of nitrogens with zero attached hydrogens (tertiary/aromatic N) is 4. The summed E-state index contributed by atoms with van der Waals surface area (Å²) in [4.78, 5) is 12.5. The molecule has 3 aromatic rings. The van der Waals surface area contributed by atoms with Gasteiger partial charge in [-0.2, -0.15) is 23.4 Å². The average molecular weight is 458 g/mol. The number of aromatic nitrogens is 4. The monoisotopic (exact) mass is 457 g/mol. The Morgan fingerprint density at radius 3 is 2.67 bits per heavy atom. The van der Waals surface area contributed by atoms with Crippen LogP contribution < -0.4 is 5.32 Å². The van der Waals surface area contributed by atoms with Crippen LogP contribution in [-0.2, 0) is 24.1 Å². The van der Waals surface area contributed by atoms with Gasteiger partial charge in [-0.1, -0.05) is 35.3 Å². The molecule has 1 amide bonds. The van der Waals surface area contributed by atoms with Crippen LogP contribution in [0.5, 0.6) is 0 Å². The molecule has 6 nitrogen and oxygen atoms in total. The van der Waals surface area contributed by atoms with E-state index in [0.29, 0.717) is 17.3 Å². The van der Waals surface area contributed by atoms with Gasteiger partial charge < -0.3 is 5.32 Å². The van der Waals surface area contributed by atoms with Crippen LogP contribution in [0.1, 0.15) is 35.7 Å². The number of alkyl halides is 3. The van der Waals surface area contributed by atoms with Gasteiger partial charge in [0.2, 0.25) is 5.91 Å². The van der Waals surface area contributed by atoms with Gasteiger partial charge in [-0.3, -0.25) is 14.2 Å². The molecule has 0 spiro atoms. The molecule has 158 valence electrons. The Balaban J connectivity index is 1.48. The number of carbonyl (C=O) groups excluding carboxylic acids is 1. The lowest BCUT2D eigenvalue weighted by atomic mass is 10.2. The van der Waals surface area contributed by atoms with Crippen molar-refractivity contribution in [2.75, 3.05) is 5.32 Å². The summed E-state index contributed by atoms with van der Waals surface area (Å²) < 4.78 is 42.2. The van der Waals surface area contributed by atoms with Gasteiger partial charge in [-0.05, 0) is 30.5 Å². The number of amides is 1. The van der Waals surface area contributed by atoms with Crippen LogP contribution in [0, 0.1) is 0 Å². The van der Waals surface area contributed by atoms with Gasteiger partial charge in [-0.15, -0.1) is 0 Å². The van der Waals surface area contributed by atoms with Crippen molar-refractivity contribution >= 4 is 34.8 Å². The van der Waals surface area contributed by atoms with Crippen molar-refractivity contribution in [2.45, 2.75) is 38.0 Å². The minimum Gasteiger partial charge on any atom is -0.324 e.